The fourth-order valence-corrected chi connectivity index (χ4v) is 2.89. The largest absolute Gasteiger partial charge is 0.383 e. The van der Waals surface area contributed by atoms with Crippen molar-refractivity contribution < 1.29 is 4.74 Å². The summed E-state index contributed by atoms with van der Waals surface area (Å²) in [7, 11) is 2.11. The van der Waals surface area contributed by atoms with E-state index in [1.807, 2.05) is 6.92 Å². The summed E-state index contributed by atoms with van der Waals surface area (Å²) in [4.78, 5) is 2.25. The smallest absolute Gasteiger partial charge is 0.142 e. The molecule has 0 aromatic carbocycles. The molecule has 5 heteroatoms. The van der Waals surface area contributed by atoms with Crippen molar-refractivity contribution in [2.45, 2.75) is 19.8 Å². The number of hydrogen-bond acceptors (Lipinski definition) is 5. The van der Waals surface area contributed by atoms with Crippen molar-refractivity contribution in [1.29, 1.82) is 0 Å². The van der Waals surface area contributed by atoms with Gasteiger partial charge in [0.15, 0.2) is 0 Å². The van der Waals surface area contributed by atoms with Crippen LogP contribution in [-0.2, 0) is 4.74 Å². The molecule has 4 nitrogen and oxygen atoms in total. The summed E-state index contributed by atoms with van der Waals surface area (Å²) in [5, 5.41) is 1.18. The number of hydrogen-bond donors (Lipinski definition) is 1. The fraction of sp³-hybridized carbons (Fsp3) is 0.727. The minimum absolute atomic E-state index is 0.640. The number of nitrogens with zero attached hydrogens (tertiary/aromatic N) is 2. The first kappa shape index (κ1) is 11.7. The Labute approximate surface area is 101 Å². The van der Waals surface area contributed by atoms with Crippen LogP contribution in [0.4, 0.5) is 10.8 Å². The maximum Gasteiger partial charge on any atom is 0.142 e. The minimum atomic E-state index is 0.640. The number of rotatable bonds is 3. The Hall–Kier alpha value is -0.810. The van der Waals surface area contributed by atoms with Crippen LogP contribution in [0.5, 0.6) is 0 Å². The van der Waals surface area contributed by atoms with E-state index in [1.54, 1.807) is 0 Å². The highest BCUT2D eigenvalue weighted by molar-refractivity contribution is 7.10. The van der Waals surface area contributed by atoms with E-state index in [9.17, 15) is 0 Å². The van der Waals surface area contributed by atoms with Crippen LogP contribution in [0.25, 0.3) is 0 Å². The maximum absolute atomic E-state index is 5.76. The molecule has 2 heterocycles. The molecule has 2 N–H and O–H groups in total. The number of nitrogens with two attached hydrogens (primary N) is 1. The van der Waals surface area contributed by atoms with Crippen LogP contribution in [-0.4, -0.2) is 31.2 Å². The molecule has 1 unspecified atom stereocenters. The third-order valence-electron chi connectivity index (χ3n) is 3.07. The monoisotopic (exact) mass is 241 g/mol. The highest BCUT2D eigenvalue weighted by Crippen LogP contribution is 2.29. The summed E-state index contributed by atoms with van der Waals surface area (Å²) < 4.78 is 9.67. The zero-order valence-corrected chi connectivity index (χ0v) is 10.7. The average molecular weight is 241 g/mol. The Morgan fingerprint density at radius 1 is 1.62 bits per heavy atom. The Morgan fingerprint density at radius 3 is 3.00 bits per heavy atom. The van der Waals surface area contributed by atoms with Crippen molar-refractivity contribution in [2.24, 2.45) is 5.92 Å². The van der Waals surface area contributed by atoms with Crippen molar-refractivity contribution in [3.63, 3.8) is 0 Å². The van der Waals surface area contributed by atoms with E-state index < -0.39 is 0 Å². The van der Waals surface area contributed by atoms with E-state index >= 15 is 0 Å². The SMILES string of the molecule is Cc1c(N)nsc1N(C)CC1CCCOC1. The van der Waals surface area contributed by atoms with Gasteiger partial charge in [-0.15, -0.1) is 0 Å². The number of ether oxygens (including phenoxy) is 1. The van der Waals surface area contributed by atoms with Crippen molar-refractivity contribution in [2.75, 3.05) is 37.4 Å². The molecule has 1 aromatic rings. The summed E-state index contributed by atoms with van der Waals surface area (Å²) in [5.74, 6) is 1.30. The van der Waals surface area contributed by atoms with E-state index in [0.29, 0.717) is 11.7 Å². The molecule has 1 aliphatic rings. The molecule has 1 fully saturated rings. The third kappa shape index (κ3) is 2.47. The van der Waals surface area contributed by atoms with Gasteiger partial charge in [-0.1, -0.05) is 0 Å². The van der Waals surface area contributed by atoms with Gasteiger partial charge in [-0.25, -0.2) is 0 Å². The highest BCUT2D eigenvalue weighted by atomic mass is 32.1. The van der Waals surface area contributed by atoms with Gasteiger partial charge in [0.05, 0.1) is 6.61 Å². The third-order valence-corrected chi connectivity index (χ3v) is 4.15. The lowest BCUT2D eigenvalue weighted by Crippen LogP contribution is -2.30. The molecule has 1 saturated heterocycles. The molecule has 1 aliphatic heterocycles. The molecule has 0 spiro atoms. The lowest BCUT2D eigenvalue weighted by atomic mass is 10.0. The quantitative estimate of drug-likeness (QED) is 0.878. The van der Waals surface area contributed by atoms with Gasteiger partial charge >= 0.3 is 0 Å². The van der Waals surface area contributed by atoms with Crippen LogP contribution in [0.2, 0.25) is 0 Å². The lowest BCUT2D eigenvalue weighted by molar-refractivity contribution is 0.0577. The number of nitrogen functional groups attached to an aromatic ring is 1. The first-order chi connectivity index (χ1) is 7.68. The maximum atomic E-state index is 5.76. The first-order valence-electron chi connectivity index (χ1n) is 5.69. The summed E-state index contributed by atoms with van der Waals surface area (Å²) in [6, 6.07) is 0. The molecule has 16 heavy (non-hydrogen) atoms. The van der Waals surface area contributed by atoms with Gasteiger partial charge in [0.2, 0.25) is 0 Å². The van der Waals surface area contributed by atoms with E-state index in [0.717, 1.165) is 25.3 Å². The Morgan fingerprint density at radius 2 is 2.44 bits per heavy atom. The molecule has 1 aromatic heterocycles. The summed E-state index contributed by atoms with van der Waals surface area (Å²) in [5.41, 5.74) is 6.86. The highest BCUT2D eigenvalue weighted by Gasteiger charge is 2.18. The molecular formula is C11H19N3OS. The second-order valence-electron chi connectivity index (χ2n) is 4.46. The summed E-state index contributed by atoms with van der Waals surface area (Å²) >= 11 is 1.48. The average Bonchev–Trinajstić information content (AvgIpc) is 2.61. The Balaban J connectivity index is 1.96. The van der Waals surface area contributed by atoms with Crippen LogP contribution in [0, 0.1) is 12.8 Å². The Kier molecular flexibility index (Phi) is 3.66. The molecule has 1 atom stereocenters. The van der Waals surface area contributed by atoms with Gasteiger partial charge in [0.1, 0.15) is 10.8 Å². The normalized spacial score (nSPS) is 21.0. The predicted octanol–water partition coefficient (Wildman–Crippen LogP) is 1.90. The fourth-order valence-electron chi connectivity index (χ4n) is 2.12. The van der Waals surface area contributed by atoms with E-state index in [2.05, 4.69) is 16.3 Å². The topological polar surface area (TPSA) is 51.4 Å². The second kappa shape index (κ2) is 5.01. The summed E-state index contributed by atoms with van der Waals surface area (Å²) in [6.07, 6.45) is 2.44. The summed E-state index contributed by atoms with van der Waals surface area (Å²) in [6.45, 7) is 4.87. The molecule has 2 rings (SSSR count). The van der Waals surface area contributed by atoms with Crippen LogP contribution in [0.15, 0.2) is 0 Å². The number of anilines is 2. The van der Waals surface area contributed by atoms with Crippen LogP contribution in [0.3, 0.4) is 0 Å². The van der Waals surface area contributed by atoms with Crippen molar-refractivity contribution in [1.82, 2.24) is 4.37 Å². The van der Waals surface area contributed by atoms with Gasteiger partial charge < -0.3 is 15.4 Å². The lowest BCUT2D eigenvalue weighted by Gasteiger charge is -2.27. The molecule has 0 saturated carbocycles. The van der Waals surface area contributed by atoms with Crippen LogP contribution >= 0.6 is 11.5 Å². The molecule has 0 bridgehead atoms. The van der Waals surface area contributed by atoms with Gasteiger partial charge in [-0.2, -0.15) is 4.37 Å². The van der Waals surface area contributed by atoms with Crippen molar-refractivity contribution in [3.05, 3.63) is 5.56 Å². The van der Waals surface area contributed by atoms with E-state index in [4.69, 9.17) is 10.5 Å². The van der Waals surface area contributed by atoms with Crippen LogP contribution in [0.1, 0.15) is 18.4 Å². The zero-order valence-electron chi connectivity index (χ0n) is 9.90. The van der Waals surface area contributed by atoms with Crippen molar-refractivity contribution in [3.8, 4) is 0 Å². The van der Waals surface area contributed by atoms with Gasteiger partial charge in [0, 0.05) is 25.8 Å². The molecule has 0 radical (unpaired) electrons. The Bertz CT molecular complexity index is 347. The van der Waals surface area contributed by atoms with Gasteiger partial charge in [-0.05, 0) is 37.2 Å². The van der Waals surface area contributed by atoms with Gasteiger partial charge in [0.25, 0.3) is 0 Å². The van der Waals surface area contributed by atoms with E-state index in [-0.39, 0.29) is 0 Å². The molecule has 0 amide bonds. The zero-order chi connectivity index (χ0) is 11.5. The van der Waals surface area contributed by atoms with Gasteiger partial charge in [-0.3, -0.25) is 0 Å². The minimum Gasteiger partial charge on any atom is -0.383 e. The standard InChI is InChI=1S/C11H19N3OS/c1-8-10(12)13-16-11(8)14(2)6-9-4-3-5-15-7-9/h9H,3-7H2,1-2H3,(H2,12,13). The molecule has 90 valence electrons. The first-order valence-corrected chi connectivity index (χ1v) is 6.46. The molecular weight excluding hydrogens is 222 g/mol. The van der Waals surface area contributed by atoms with Crippen molar-refractivity contribution >= 4 is 22.4 Å². The van der Waals surface area contributed by atoms with E-state index in [1.165, 1.54) is 29.4 Å². The predicted molar refractivity (Wildman–Crippen MR) is 68.1 cm³/mol. The second-order valence-corrected chi connectivity index (χ2v) is 5.21. The van der Waals surface area contributed by atoms with Crippen LogP contribution < -0.4 is 10.6 Å². The number of aromatic nitrogens is 1. The molecule has 0 aliphatic carbocycles.